The van der Waals surface area contributed by atoms with Crippen molar-refractivity contribution in [2.24, 2.45) is 5.73 Å². The van der Waals surface area contributed by atoms with E-state index in [2.05, 4.69) is 17.1 Å². The van der Waals surface area contributed by atoms with Gasteiger partial charge in [0.05, 0.1) is 5.75 Å². The molecule has 1 saturated heterocycles. The third-order valence-corrected chi connectivity index (χ3v) is 5.23. The van der Waals surface area contributed by atoms with Crippen molar-refractivity contribution in [1.82, 2.24) is 9.80 Å². The first-order valence-corrected chi connectivity index (χ1v) is 9.27. The molecule has 132 valence electrons. The molecule has 1 aromatic carbocycles. The lowest BCUT2D eigenvalue weighted by molar-refractivity contribution is -0.133. The fraction of sp³-hybridized carbons (Fsp3) is 0.529. The van der Waals surface area contributed by atoms with Crippen LogP contribution in [0.5, 0.6) is 0 Å². The number of rotatable bonds is 7. The van der Waals surface area contributed by atoms with Crippen molar-refractivity contribution in [2.45, 2.75) is 24.8 Å². The van der Waals surface area contributed by atoms with E-state index >= 15 is 0 Å². The van der Waals surface area contributed by atoms with Gasteiger partial charge in [0.15, 0.2) is 0 Å². The standard InChI is InChI=1S/C17H26N4O2S/c1-3-20-8-10-21(11-9-20)17(23)13(2)19-14-6-4-5-7-15(14)24-12-16(18)22/h4-7,13,19H,3,8-12H2,1-2H3,(H2,18,22)/t13-/m0/s1. The topological polar surface area (TPSA) is 78.7 Å². The van der Waals surface area contributed by atoms with Gasteiger partial charge in [-0.1, -0.05) is 19.1 Å². The molecule has 1 aliphatic heterocycles. The molecule has 1 heterocycles. The second kappa shape index (κ2) is 8.94. The second-order valence-corrected chi connectivity index (χ2v) is 6.89. The van der Waals surface area contributed by atoms with Crippen LogP contribution in [0.25, 0.3) is 0 Å². The second-order valence-electron chi connectivity index (χ2n) is 5.88. The van der Waals surface area contributed by atoms with Gasteiger partial charge in [-0.15, -0.1) is 11.8 Å². The molecule has 3 N–H and O–H groups in total. The number of likely N-dealkylation sites (N-methyl/N-ethyl adjacent to an activating group) is 1. The van der Waals surface area contributed by atoms with Gasteiger partial charge in [-0.05, 0) is 25.6 Å². The van der Waals surface area contributed by atoms with Gasteiger partial charge in [0.2, 0.25) is 11.8 Å². The molecular weight excluding hydrogens is 324 g/mol. The van der Waals surface area contributed by atoms with Crippen LogP contribution in [0.1, 0.15) is 13.8 Å². The van der Waals surface area contributed by atoms with E-state index in [-0.39, 0.29) is 23.6 Å². The Kier molecular flexibility index (Phi) is 6.93. The maximum Gasteiger partial charge on any atom is 0.244 e. The number of nitrogens with one attached hydrogen (secondary N) is 1. The van der Waals surface area contributed by atoms with E-state index < -0.39 is 0 Å². The highest BCUT2D eigenvalue weighted by molar-refractivity contribution is 8.00. The van der Waals surface area contributed by atoms with Crippen LogP contribution in [-0.2, 0) is 9.59 Å². The van der Waals surface area contributed by atoms with Crippen LogP contribution in [0.2, 0.25) is 0 Å². The van der Waals surface area contributed by atoms with Gasteiger partial charge in [-0.2, -0.15) is 0 Å². The summed E-state index contributed by atoms with van der Waals surface area (Å²) in [5, 5.41) is 3.28. The van der Waals surface area contributed by atoms with Crippen molar-refractivity contribution in [3.8, 4) is 0 Å². The number of carbonyl (C=O) groups excluding carboxylic acids is 2. The molecule has 0 aromatic heterocycles. The minimum absolute atomic E-state index is 0.112. The third-order valence-electron chi connectivity index (χ3n) is 4.13. The lowest BCUT2D eigenvalue weighted by atomic mass is 10.2. The summed E-state index contributed by atoms with van der Waals surface area (Å²) in [6.07, 6.45) is 0. The lowest BCUT2D eigenvalue weighted by Gasteiger charge is -2.35. The Morgan fingerprint density at radius 1 is 1.25 bits per heavy atom. The first-order chi connectivity index (χ1) is 11.5. The van der Waals surface area contributed by atoms with Crippen molar-refractivity contribution in [2.75, 3.05) is 43.8 Å². The highest BCUT2D eigenvalue weighted by Crippen LogP contribution is 2.27. The largest absolute Gasteiger partial charge is 0.373 e. The first kappa shape index (κ1) is 18.6. The van der Waals surface area contributed by atoms with Crippen molar-refractivity contribution < 1.29 is 9.59 Å². The summed E-state index contributed by atoms with van der Waals surface area (Å²) >= 11 is 1.38. The summed E-state index contributed by atoms with van der Waals surface area (Å²) in [5.74, 6) is -0.0202. The minimum atomic E-state index is -0.354. The average Bonchev–Trinajstić information content (AvgIpc) is 2.60. The summed E-state index contributed by atoms with van der Waals surface area (Å²) in [7, 11) is 0. The van der Waals surface area contributed by atoms with Crippen LogP contribution in [0.4, 0.5) is 5.69 Å². The number of anilines is 1. The zero-order valence-electron chi connectivity index (χ0n) is 14.3. The van der Waals surface area contributed by atoms with Gasteiger partial charge in [-0.3, -0.25) is 9.59 Å². The van der Waals surface area contributed by atoms with Crippen molar-refractivity contribution >= 4 is 29.3 Å². The summed E-state index contributed by atoms with van der Waals surface area (Å²) in [6.45, 7) is 8.46. The minimum Gasteiger partial charge on any atom is -0.373 e. The van der Waals surface area contributed by atoms with Gasteiger partial charge in [0.1, 0.15) is 6.04 Å². The predicted octanol–water partition coefficient (Wildman–Crippen LogP) is 1.23. The number of benzene rings is 1. The van der Waals surface area contributed by atoms with Gasteiger partial charge < -0.3 is 20.9 Å². The molecule has 7 heteroatoms. The molecule has 1 aliphatic rings. The normalized spacial score (nSPS) is 16.7. The molecular formula is C17H26N4O2S. The molecule has 0 radical (unpaired) electrons. The van der Waals surface area contributed by atoms with Crippen molar-refractivity contribution in [3.63, 3.8) is 0 Å². The van der Waals surface area contributed by atoms with E-state index in [0.29, 0.717) is 0 Å². The molecule has 1 atom stereocenters. The van der Waals surface area contributed by atoms with Gasteiger partial charge in [0.25, 0.3) is 0 Å². The molecule has 0 saturated carbocycles. The molecule has 1 aromatic rings. The number of primary amides is 1. The number of hydrogen-bond acceptors (Lipinski definition) is 5. The van der Waals surface area contributed by atoms with E-state index in [1.54, 1.807) is 0 Å². The van der Waals surface area contributed by atoms with Gasteiger partial charge >= 0.3 is 0 Å². The van der Waals surface area contributed by atoms with E-state index in [1.165, 1.54) is 11.8 Å². The SMILES string of the molecule is CCN1CCN(C(=O)[C@H](C)Nc2ccccc2SCC(N)=O)CC1. The van der Waals surface area contributed by atoms with E-state index in [1.807, 2.05) is 36.1 Å². The van der Waals surface area contributed by atoms with Crippen LogP contribution >= 0.6 is 11.8 Å². The summed E-state index contributed by atoms with van der Waals surface area (Å²) < 4.78 is 0. The smallest absolute Gasteiger partial charge is 0.244 e. The van der Waals surface area contributed by atoms with E-state index in [4.69, 9.17) is 5.73 Å². The number of nitrogens with two attached hydrogens (primary N) is 1. The van der Waals surface area contributed by atoms with Gasteiger partial charge in [-0.25, -0.2) is 0 Å². The number of para-hydroxylation sites is 1. The zero-order chi connectivity index (χ0) is 17.5. The van der Waals surface area contributed by atoms with Crippen molar-refractivity contribution in [1.29, 1.82) is 0 Å². The fourth-order valence-corrected chi connectivity index (χ4v) is 3.47. The van der Waals surface area contributed by atoms with Crippen LogP contribution in [0, 0.1) is 0 Å². The Labute approximate surface area is 147 Å². The Hall–Kier alpha value is -1.73. The first-order valence-electron chi connectivity index (χ1n) is 8.29. The molecule has 6 nitrogen and oxygen atoms in total. The Balaban J connectivity index is 1.95. The molecule has 24 heavy (non-hydrogen) atoms. The van der Waals surface area contributed by atoms with E-state index in [0.717, 1.165) is 43.3 Å². The highest BCUT2D eigenvalue weighted by atomic mass is 32.2. The van der Waals surface area contributed by atoms with Crippen molar-refractivity contribution in [3.05, 3.63) is 24.3 Å². The van der Waals surface area contributed by atoms with Crippen LogP contribution in [0.3, 0.4) is 0 Å². The Bertz CT molecular complexity index is 573. The molecule has 0 aliphatic carbocycles. The maximum atomic E-state index is 12.6. The molecule has 2 rings (SSSR count). The van der Waals surface area contributed by atoms with Crippen LogP contribution < -0.4 is 11.1 Å². The molecule has 0 bridgehead atoms. The van der Waals surface area contributed by atoms with E-state index in [9.17, 15) is 9.59 Å². The molecule has 0 spiro atoms. The zero-order valence-corrected chi connectivity index (χ0v) is 15.1. The fourth-order valence-electron chi connectivity index (χ4n) is 2.71. The quantitative estimate of drug-likeness (QED) is 0.723. The number of amides is 2. The Morgan fingerprint density at radius 3 is 2.54 bits per heavy atom. The van der Waals surface area contributed by atoms with Crippen LogP contribution in [0.15, 0.2) is 29.2 Å². The predicted molar refractivity (Wildman–Crippen MR) is 98.1 cm³/mol. The molecule has 0 unspecified atom stereocenters. The monoisotopic (exact) mass is 350 g/mol. The third kappa shape index (κ3) is 5.14. The molecule has 2 amide bonds. The summed E-state index contributed by atoms with van der Waals surface area (Å²) in [6, 6.07) is 7.35. The summed E-state index contributed by atoms with van der Waals surface area (Å²) in [4.78, 5) is 28.8. The average molecular weight is 350 g/mol. The van der Waals surface area contributed by atoms with Crippen LogP contribution in [-0.4, -0.2) is 66.1 Å². The Morgan fingerprint density at radius 2 is 1.92 bits per heavy atom. The number of piperazine rings is 1. The lowest BCUT2D eigenvalue weighted by Crippen LogP contribution is -2.52. The number of nitrogens with zero attached hydrogens (tertiary/aromatic N) is 2. The summed E-state index contributed by atoms with van der Waals surface area (Å²) in [5.41, 5.74) is 6.07. The highest BCUT2D eigenvalue weighted by Gasteiger charge is 2.24. The van der Waals surface area contributed by atoms with Gasteiger partial charge in [0, 0.05) is 36.8 Å². The number of hydrogen-bond donors (Lipinski definition) is 2. The maximum absolute atomic E-state index is 12.6. The number of carbonyl (C=O) groups is 2. The number of thioether (sulfide) groups is 1. The molecule has 1 fully saturated rings.